The lowest BCUT2D eigenvalue weighted by Gasteiger charge is -2.28. The van der Waals surface area contributed by atoms with Crippen LogP contribution in [-0.4, -0.2) is 62.7 Å². The van der Waals surface area contributed by atoms with E-state index in [1.807, 2.05) is 0 Å². The van der Waals surface area contributed by atoms with Crippen LogP contribution in [0.1, 0.15) is 25.7 Å². The highest BCUT2D eigenvalue weighted by Crippen LogP contribution is 2.21. The summed E-state index contributed by atoms with van der Waals surface area (Å²) < 4.78 is 25.9. The van der Waals surface area contributed by atoms with E-state index in [0.717, 1.165) is 17.6 Å². The SMILES string of the molecule is O=S(=O)(CCN1CCCC1CN1CCCC1)c1ccc(Br)cc1. The van der Waals surface area contributed by atoms with E-state index >= 15 is 0 Å². The number of sulfone groups is 1. The van der Waals surface area contributed by atoms with Gasteiger partial charge in [0.05, 0.1) is 10.6 Å². The van der Waals surface area contributed by atoms with Crippen molar-refractivity contribution in [1.82, 2.24) is 9.80 Å². The third kappa shape index (κ3) is 4.56. The van der Waals surface area contributed by atoms with Gasteiger partial charge in [-0.05, 0) is 69.6 Å². The van der Waals surface area contributed by atoms with Gasteiger partial charge in [-0.1, -0.05) is 15.9 Å². The molecule has 0 N–H and O–H groups in total. The molecule has 2 aliphatic heterocycles. The lowest BCUT2D eigenvalue weighted by molar-refractivity contribution is 0.199. The van der Waals surface area contributed by atoms with Crippen LogP contribution in [0.2, 0.25) is 0 Å². The second kappa shape index (κ2) is 7.64. The third-order valence-corrected chi connectivity index (χ3v) is 7.23. The van der Waals surface area contributed by atoms with Crippen molar-refractivity contribution >= 4 is 25.8 Å². The Morgan fingerprint density at radius 2 is 1.74 bits per heavy atom. The van der Waals surface area contributed by atoms with E-state index in [4.69, 9.17) is 0 Å². The van der Waals surface area contributed by atoms with Gasteiger partial charge in [0.15, 0.2) is 9.84 Å². The Balaban J connectivity index is 1.56. The zero-order chi connectivity index (χ0) is 16.3. The molecule has 23 heavy (non-hydrogen) atoms. The van der Waals surface area contributed by atoms with Gasteiger partial charge >= 0.3 is 0 Å². The van der Waals surface area contributed by atoms with Crippen LogP contribution in [0.4, 0.5) is 0 Å². The molecule has 6 heteroatoms. The maximum atomic E-state index is 12.5. The Bertz CT molecular complexity index is 612. The van der Waals surface area contributed by atoms with E-state index in [1.165, 1.54) is 38.8 Å². The number of rotatable bonds is 6. The fourth-order valence-corrected chi connectivity index (χ4v) is 5.18. The summed E-state index contributed by atoms with van der Waals surface area (Å²) in [4.78, 5) is 5.34. The highest BCUT2D eigenvalue weighted by atomic mass is 79.9. The molecule has 0 aromatic heterocycles. The molecule has 0 spiro atoms. The summed E-state index contributed by atoms with van der Waals surface area (Å²) >= 11 is 3.35. The second-order valence-corrected chi connectivity index (χ2v) is 9.64. The second-order valence-electron chi connectivity index (χ2n) is 6.61. The van der Waals surface area contributed by atoms with Gasteiger partial charge in [-0.25, -0.2) is 8.42 Å². The predicted molar refractivity (Wildman–Crippen MR) is 96.5 cm³/mol. The van der Waals surface area contributed by atoms with Crippen LogP contribution in [-0.2, 0) is 9.84 Å². The van der Waals surface area contributed by atoms with Crippen LogP contribution in [0.3, 0.4) is 0 Å². The van der Waals surface area contributed by atoms with Crippen LogP contribution < -0.4 is 0 Å². The van der Waals surface area contributed by atoms with Crippen LogP contribution in [0, 0.1) is 0 Å². The molecule has 1 aromatic carbocycles. The monoisotopic (exact) mass is 400 g/mol. The van der Waals surface area contributed by atoms with Gasteiger partial charge in [0, 0.05) is 23.6 Å². The Hall–Kier alpha value is -0.430. The third-order valence-electron chi connectivity index (χ3n) is 4.99. The van der Waals surface area contributed by atoms with E-state index in [1.54, 1.807) is 24.3 Å². The van der Waals surface area contributed by atoms with Gasteiger partial charge in [-0.15, -0.1) is 0 Å². The molecule has 1 aromatic rings. The molecule has 1 unspecified atom stereocenters. The smallest absolute Gasteiger partial charge is 0.179 e. The van der Waals surface area contributed by atoms with Gasteiger partial charge in [-0.3, -0.25) is 4.90 Å². The van der Waals surface area contributed by atoms with Crippen molar-refractivity contribution in [3.05, 3.63) is 28.7 Å². The normalized spacial score (nSPS) is 23.6. The highest BCUT2D eigenvalue weighted by molar-refractivity contribution is 9.10. The number of hydrogen-bond donors (Lipinski definition) is 0. The zero-order valence-corrected chi connectivity index (χ0v) is 15.9. The molecule has 2 fully saturated rings. The Kier molecular flexibility index (Phi) is 5.78. The minimum atomic E-state index is -3.19. The van der Waals surface area contributed by atoms with E-state index in [-0.39, 0.29) is 5.75 Å². The average Bonchev–Trinajstić information content (AvgIpc) is 3.18. The fraction of sp³-hybridized carbons (Fsp3) is 0.647. The molecule has 0 bridgehead atoms. The molecule has 1 atom stereocenters. The molecule has 2 heterocycles. The molecule has 0 radical (unpaired) electrons. The first-order chi connectivity index (χ1) is 11.0. The summed E-state index contributed by atoms with van der Waals surface area (Å²) in [7, 11) is -3.19. The van der Waals surface area contributed by atoms with Crippen molar-refractivity contribution in [3.8, 4) is 0 Å². The number of hydrogen-bond acceptors (Lipinski definition) is 4. The lowest BCUT2D eigenvalue weighted by Crippen LogP contribution is -2.41. The first-order valence-corrected chi connectivity index (χ1v) is 10.9. The summed E-state index contributed by atoms with van der Waals surface area (Å²) in [5, 5.41) is 0. The Labute approximate surface area is 147 Å². The van der Waals surface area contributed by atoms with Crippen molar-refractivity contribution in [3.63, 3.8) is 0 Å². The summed E-state index contributed by atoms with van der Waals surface area (Å²) in [6.07, 6.45) is 5.01. The molecular formula is C17H25BrN2O2S. The minimum Gasteiger partial charge on any atom is -0.302 e. The van der Waals surface area contributed by atoms with Crippen molar-refractivity contribution in [2.75, 3.05) is 38.5 Å². The van der Waals surface area contributed by atoms with Crippen molar-refractivity contribution in [2.24, 2.45) is 0 Å². The van der Waals surface area contributed by atoms with E-state index in [0.29, 0.717) is 17.5 Å². The number of benzene rings is 1. The highest BCUT2D eigenvalue weighted by Gasteiger charge is 2.28. The Morgan fingerprint density at radius 3 is 2.43 bits per heavy atom. The topological polar surface area (TPSA) is 40.6 Å². The van der Waals surface area contributed by atoms with Gasteiger partial charge < -0.3 is 4.90 Å². The molecule has 128 valence electrons. The summed E-state index contributed by atoms with van der Waals surface area (Å²) in [5.74, 6) is 0.213. The van der Waals surface area contributed by atoms with Crippen LogP contribution in [0.25, 0.3) is 0 Å². The van der Waals surface area contributed by atoms with E-state index in [9.17, 15) is 8.42 Å². The van der Waals surface area contributed by atoms with Crippen LogP contribution in [0.5, 0.6) is 0 Å². The van der Waals surface area contributed by atoms with Crippen LogP contribution >= 0.6 is 15.9 Å². The molecular weight excluding hydrogens is 376 g/mol. The zero-order valence-electron chi connectivity index (χ0n) is 13.5. The maximum Gasteiger partial charge on any atom is 0.179 e. The predicted octanol–water partition coefficient (Wildman–Crippen LogP) is 2.78. The number of nitrogens with zero attached hydrogens (tertiary/aromatic N) is 2. The minimum absolute atomic E-state index is 0.213. The van der Waals surface area contributed by atoms with E-state index in [2.05, 4.69) is 25.7 Å². The van der Waals surface area contributed by atoms with Gasteiger partial charge in [0.2, 0.25) is 0 Å². The fourth-order valence-electron chi connectivity index (χ4n) is 3.66. The molecule has 0 saturated carbocycles. The summed E-state index contributed by atoms with van der Waals surface area (Å²) in [5.41, 5.74) is 0. The first-order valence-electron chi connectivity index (χ1n) is 8.49. The van der Waals surface area contributed by atoms with Crippen LogP contribution in [0.15, 0.2) is 33.6 Å². The Morgan fingerprint density at radius 1 is 1.04 bits per heavy atom. The summed E-state index contributed by atoms with van der Waals surface area (Å²) in [6, 6.07) is 7.49. The number of likely N-dealkylation sites (tertiary alicyclic amines) is 2. The van der Waals surface area contributed by atoms with Gasteiger partial charge in [0.25, 0.3) is 0 Å². The van der Waals surface area contributed by atoms with Crippen molar-refractivity contribution in [1.29, 1.82) is 0 Å². The lowest BCUT2D eigenvalue weighted by atomic mass is 10.2. The largest absolute Gasteiger partial charge is 0.302 e. The molecule has 0 aliphatic carbocycles. The first kappa shape index (κ1) is 17.4. The average molecular weight is 401 g/mol. The summed E-state index contributed by atoms with van der Waals surface area (Å²) in [6.45, 7) is 5.21. The molecule has 4 nitrogen and oxygen atoms in total. The standard InChI is InChI=1S/C17H25BrN2O2S/c18-15-5-7-17(8-6-15)23(21,22)13-12-20-11-3-4-16(20)14-19-9-1-2-10-19/h5-8,16H,1-4,9-14H2. The molecule has 2 saturated heterocycles. The van der Waals surface area contributed by atoms with Gasteiger partial charge in [0.1, 0.15) is 0 Å². The molecule has 2 aliphatic rings. The maximum absolute atomic E-state index is 12.5. The molecule has 3 rings (SSSR count). The van der Waals surface area contributed by atoms with Crippen molar-refractivity contribution < 1.29 is 8.42 Å². The van der Waals surface area contributed by atoms with Gasteiger partial charge in [-0.2, -0.15) is 0 Å². The van der Waals surface area contributed by atoms with Crippen molar-refractivity contribution in [2.45, 2.75) is 36.6 Å². The van der Waals surface area contributed by atoms with E-state index < -0.39 is 9.84 Å². The quantitative estimate of drug-likeness (QED) is 0.735. The molecule has 0 amide bonds. The number of halogens is 1.